The molecule has 90 valence electrons. The van der Waals surface area contributed by atoms with E-state index < -0.39 is 0 Å². The summed E-state index contributed by atoms with van der Waals surface area (Å²) in [6, 6.07) is 7.80. The van der Waals surface area contributed by atoms with Gasteiger partial charge in [-0.25, -0.2) is 0 Å². The van der Waals surface area contributed by atoms with E-state index in [2.05, 4.69) is 16.6 Å². The number of terminal acetylenes is 1. The highest BCUT2D eigenvalue weighted by Gasteiger charge is 1.96. The van der Waals surface area contributed by atoms with Crippen LogP contribution in [0.3, 0.4) is 0 Å². The molecule has 0 spiro atoms. The Balaban J connectivity index is 2.30. The molecule has 1 aromatic carbocycles. The number of hydrogen-bond acceptors (Lipinski definition) is 2. The van der Waals surface area contributed by atoms with Crippen LogP contribution in [0.1, 0.15) is 25.3 Å². The maximum Gasteiger partial charge on any atom is 0.221 e. The molecule has 3 nitrogen and oxygen atoms in total. The third-order valence-electron chi connectivity index (χ3n) is 2.28. The number of carbonyl (C=O) groups is 1. The number of hydrogen-bond donors (Lipinski definition) is 2. The van der Waals surface area contributed by atoms with Crippen molar-refractivity contribution in [2.75, 3.05) is 11.9 Å². The Hall–Kier alpha value is -1.79. The molecule has 0 saturated carbocycles. The van der Waals surface area contributed by atoms with E-state index in [0.29, 0.717) is 0 Å². The highest BCUT2D eigenvalue weighted by Crippen LogP contribution is 2.09. The van der Waals surface area contributed by atoms with Crippen molar-refractivity contribution in [3.05, 3.63) is 29.8 Å². The zero-order chi connectivity index (χ0) is 12.5. The monoisotopic (exact) mass is 230 g/mol. The molecule has 17 heavy (non-hydrogen) atoms. The minimum atomic E-state index is -0.0508. The van der Waals surface area contributed by atoms with Gasteiger partial charge < -0.3 is 10.6 Å². The molecule has 1 rings (SSSR count). The summed E-state index contributed by atoms with van der Waals surface area (Å²) >= 11 is 0. The first kappa shape index (κ1) is 13.3. The van der Waals surface area contributed by atoms with E-state index in [1.807, 2.05) is 24.3 Å². The largest absolute Gasteiger partial charge is 0.326 e. The van der Waals surface area contributed by atoms with Gasteiger partial charge >= 0.3 is 0 Å². The van der Waals surface area contributed by atoms with E-state index in [4.69, 9.17) is 6.42 Å². The van der Waals surface area contributed by atoms with Crippen LogP contribution in [-0.2, 0) is 11.3 Å². The van der Waals surface area contributed by atoms with E-state index in [-0.39, 0.29) is 5.91 Å². The summed E-state index contributed by atoms with van der Waals surface area (Å²) in [6.45, 7) is 3.25. The average Bonchev–Trinajstić information content (AvgIpc) is 2.30. The van der Waals surface area contributed by atoms with Crippen molar-refractivity contribution < 1.29 is 4.79 Å². The second-order valence-electron chi connectivity index (χ2n) is 3.86. The van der Waals surface area contributed by atoms with Crippen LogP contribution in [-0.4, -0.2) is 12.5 Å². The number of nitrogens with one attached hydrogen (secondary N) is 2. The lowest BCUT2D eigenvalue weighted by molar-refractivity contribution is -0.114. The molecule has 0 heterocycles. The summed E-state index contributed by atoms with van der Waals surface area (Å²) in [4.78, 5) is 10.8. The minimum Gasteiger partial charge on any atom is -0.326 e. The maximum atomic E-state index is 10.8. The average molecular weight is 230 g/mol. The number of rotatable bonds is 6. The van der Waals surface area contributed by atoms with Crippen LogP contribution in [0.2, 0.25) is 0 Å². The maximum absolute atomic E-state index is 10.8. The zero-order valence-electron chi connectivity index (χ0n) is 10.1. The molecule has 0 radical (unpaired) electrons. The molecule has 1 amide bonds. The van der Waals surface area contributed by atoms with Crippen molar-refractivity contribution in [3.8, 4) is 12.3 Å². The first-order valence-corrected chi connectivity index (χ1v) is 5.73. The Morgan fingerprint density at radius 1 is 1.35 bits per heavy atom. The van der Waals surface area contributed by atoms with Gasteiger partial charge in [0.2, 0.25) is 5.91 Å². The SMILES string of the molecule is C#CCCCNCc1ccc(NC(C)=O)cc1. The van der Waals surface area contributed by atoms with Gasteiger partial charge in [0.05, 0.1) is 0 Å². The van der Waals surface area contributed by atoms with Crippen molar-refractivity contribution in [3.63, 3.8) is 0 Å². The lowest BCUT2D eigenvalue weighted by Gasteiger charge is -2.06. The predicted octanol–water partition coefficient (Wildman–Crippen LogP) is 2.15. The van der Waals surface area contributed by atoms with Crippen molar-refractivity contribution in [1.82, 2.24) is 5.32 Å². The van der Waals surface area contributed by atoms with Crippen LogP contribution >= 0.6 is 0 Å². The van der Waals surface area contributed by atoms with E-state index in [9.17, 15) is 4.79 Å². The Labute approximate surface area is 103 Å². The molecule has 1 aromatic rings. The number of amides is 1. The van der Waals surface area contributed by atoms with Gasteiger partial charge in [-0.15, -0.1) is 12.3 Å². The van der Waals surface area contributed by atoms with Gasteiger partial charge in [0.15, 0.2) is 0 Å². The molecular formula is C14H18N2O. The van der Waals surface area contributed by atoms with Crippen molar-refractivity contribution >= 4 is 11.6 Å². The van der Waals surface area contributed by atoms with Crippen LogP contribution in [0.5, 0.6) is 0 Å². The van der Waals surface area contributed by atoms with Crippen molar-refractivity contribution in [1.29, 1.82) is 0 Å². The van der Waals surface area contributed by atoms with Gasteiger partial charge in [0.1, 0.15) is 0 Å². The van der Waals surface area contributed by atoms with Gasteiger partial charge in [-0.2, -0.15) is 0 Å². The van der Waals surface area contributed by atoms with Crippen LogP contribution in [0.15, 0.2) is 24.3 Å². The Kier molecular flexibility index (Phi) is 5.84. The standard InChI is InChI=1S/C14H18N2O/c1-3-4-5-10-15-11-13-6-8-14(9-7-13)16-12(2)17/h1,6-9,15H,4-5,10-11H2,2H3,(H,16,17). The summed E-state index contributed by atoms with van der Waals surface area (Å²) in [7, 11) is 0. The molecule has 0 bridgehead atoms. The minimum absolute atomic E-state index is 0.0508. The summed E-state index contributed by atoms with van der Waals surface area (Å²) < 4.78 is 0. The molecule has 0 unspecified atom stereocenters. The molecule has 0 aliphatic rings. The van der Waals surface area contributed by atoms with Crippen molar-refractivity contribution in [2.45, 2.75) is 26.3 Å². The molecule has 0 saturated heterocycles. The van der Waals surface area contributed by atoms with E-state index in [0.717, 1.165) is 31.6 Å². The Morgan fingerprint density at radius 3 is 2.65 bits per heavy atom. The lowest BCUT2D eigenvalue weighted by atomic mass is 10.2. The Morgan fingerprint density at radius 2 is 2.06 bits per heavy atom. The first-order chi connectivity index (χ1) is 8.22. The van der Waals surface area contributed by atoms with Crippen LogP contribution in [0, 0.1) is 12.3 Å². The topological polar surface area (TPSA) is 41.1 Å². The zero-order valence-corrected chi connectivity index (χ0v) is 10.1. The number of anilines is 1. The highest BCUT2D eigenvalue weighted by molar-refractivity contribution is 5.88. The normalized spacial score (nSPS) is 9.65. The predicted molar refractivity (Wildman–Crippen MR) is 70.5 cm³/mol. The van der Waals surface area contributed by atoms with E-state index in [1.54, 1.807) is 0 Å². The molecule has 0 fully saturated rings. The highest BCUT2D eigenvalue weighted by atomic mass is 16.1. The second-order valence-corrected chi connectivity index (χ2v) is 3.86. The molecular weight excluding hydrogens is 212 g/mol. The van der Waals surface area contributed by atoms with Crippen LogP contribution < -0.4 is 10.6 Å². The number of benzene rings is 1. The van der Waals surface area contributed by atoms with Gasteiger partial charge in [-0.05, 0) is 30.7 Å². The molecule has 0 atom stereocenters. The van der Waals surface area contributed by atoms with Gasteiger partial charge in [0, 0.05) is 25.6 Å². The number of carbonyl (C=O) groups excluding carboxylic acids is 1. The van der Waals surface area contributed by atoms with Crippen LogP contribution in [0.25, 0.3) is 0 Å². The van der Waals surface area contributed by atoms with Gasteiger partial charge in [-0.1, -0.05) is 12.1 Å². The molecule has 0 aromatic heterocycles. The molecule has 3 heteroatoms. The Bertz CT molecular complexity index is 390. The quantitative estimate of drug-likeness (QED) is 0.580. The fourth-order valence-corrected chi connectivity index (χ4v) is 1.46. The smallest absolute Gasteiger partial charge is 0.221 e. The summed E-state index contributed by atoms with van der Waals surface area (Å²) in [5, 5.41) is 6.05. The fourth-order valence-electron chi connectivity index (χ4n) is 1.46. The first-order valence-electron chi connectivity index (χ1n) is 5.73. The van der Waals surface area contributed by atoms with Gasteiger partial charge in [-0.3, -0.25) is 4.79 Å². The third-order valence-corrected chi connectivity index (χ3v) is 2.28. The molecule has 0 aliphatic heterocycles. The summed E-state index contributed by atoms with van der Waals surface area (Å²) in [6.07, 6.45) is 6.98. The van der Waals surface area contributed by atoms with Crippen LogP contribution in [0.4, 0.5) is 5.69 Å². The van der Waals surface area contributed by atoms with E-state index >= 15 is 0 Å². The fraction of sp³-hybridized carbons (Fsp3) is 0.357. The van der Waals surface area contributed by atoms with E-state index in [1.165, 1.54) is 12.5 Å². The summed E-state index contributed by atoms with van der Waals surface area (Å²) in [5.74, 6) is 2.56. The molecule has 0 aliphatic carbocycles. The summed E-state index contributed by atoms with van der Waals surface area (Å²) in [5.41, 5.74) is 2.02. The number of unbranched alkanes of at least 4 members (excludes halogenated alkanes) is 1. The second kappa shape index (κ2) is 7.48. The lowest BCUT2D eigenvalue weighted by Crippen LogP contribution is -2.14. The third kappa shape index (κ3) is 5.74. The van der Waals surface area contributed by atoms with Crippen molar-refractivity contribution in [2.24, 2.45) is 0 Å². The molecule has 2 N–H and O–H groups in total. The van der Waals surface area contributed by atoms with Gasteiger partial charge in [0.25, 0.3) is 0 Å².